The summed E-state index contributed by atoms with van der Waals surface area (Å²) >= 11 is 0. The summed E-state index contributed by atoms with van der Waals surface area (Å²) in [5, 5.41) is 14.7. The van der Waals surface area contributed by atoms with Crippen molar-refractivity contribution in [2.45, 2.75) is 12.7 Å². The highest BCUT2D eigenvalue weighted by Gasteiger charge is 2.36. The van der Waals surface area contributed by atoms with E-state index in [9.17, 15) is 27.9 Å². The number of hydrogen-bond acceptors (Lipinski definition) is 4. The molecule has 0 radical (unpaired) electrons. The Morgan fingerprint density at radius 3 is 2.73 bits per heavy atom. The lowest BCUT2D eigenvalue weighted by atomic mass is 10.2. The number of aromatic amines is 1. The van der Waals surface area contributed by atoms with Crippen LogP contribution >= 0.6 is 0 Å². The van der Waals surface area contributed by atoms with Gasteiger partial charge in [-0.2, -0.15) is 18.3 Å². The molecule has 7 nitrogen and oxygen atoms in total. The molecule has 0 spiro atoms. The van der Waals surface area contributed by atoms with Gasteiger partial charge in [0, 0.05) is 37.5 Å². The number of alkyl halides is 3. The predicted molar refractivity (Wildman–Crippen MR) is 68.1 cm³/mol. The van der Waals surface area contributed by atoms with Crippen LogP contribution in [-0.4, -0.2) is 25.8 Å². The van der Waals surface area contributed by atoms with Crippen molar-refractivity contribution in [3.63, 3.8) is 0 Å². The quantitative estimate of drug-likeness (QED) is 0.778. The molecule has 22 heavy (non-hydrogen) atoms. The van der Waals surface area contributed by atoms with Gasteiger partial charge < -0.3 is 15.4 Å². The third kappa shape index (κ3) is 3.45. The van der Waals surface area contributed by atoms with Gasteiger partial charge in [-0.05, 0) is 0 Å². The van der Waals surface area contributed by atoms with E-state index in [1.165, 1.54) is 7.05 Å². The van der Waals surface area contributed by atoms with E-state index in [4.69, 9.17) is 0 Å². The fraction of sp³-hybridized carbons (Fsp3) is 0.250. The Balaban J connectivity index is 2.17. The zero-order chi connectivity index (χ0) is 16.5. The van der Waals surface area contributed by atoms with E-state index in [0.29, 0.717) is 0 Å². The summed E-state index contributed by atoms with van der Waals surface area (Å²) in [6.07, 6.45) is -3.50. The molecule has 0 atom stereocenters. The molecule has 2 aromatic rings. The molecule has 0 saturated heterocycles. The maximum atomic E-state index is 12.7. The van der Waals surface area contributed by atoms with Crippen LogP contribution in [0.1, 0.15) is 21.7 Å². The lowest BCUT2D eigenvalue weighted by Gasteiger charge is -2.07. The third-order valence-corrected chi connectivity index (χ3v) is 2.69. The van der Waals surface area contributed by atoms with Crippen molar-refractivity contribution in [2.75, 3.05) is 0 Å². The first-order valence-electron chi connectivity index (χ1n) is 5.98. The van der Waals surface area contributed by atoms with Gasteiger partial charge >= 0.3 is 6.18 Å². The second-order valence-electron chi connectivity index (χ2n) is 4.47. The smallest absolute Gasteiger partial charge is 0.435 e. The minimum atomic E-state index is -4.64. The largest absolute Gasteiger partial charge is 0.508 e. The lowest BCUT2D eigenvalue weighted by Crippen LogP contribution is -2.26. The molecule has 0 fully saturated rings. The van der Waals surface area contributed by atoms with Gasteiger partial charge in [-0.25, -0.2) is 0 Å². The Bertz CT molecular complexity index is 764. The van der Waals surface area contributed by atoms with Crippen molar-refractivity contribution < 1.29 is 23.1 Å². The number of pyridine rings is 1. The first-order valence-corrected chi connectivity index (χ1v) is 5.98. The van der Waals surface area contributed by atoms with Crippen LogP contribution in [0, 0.1) is 0 Å². The van der Waals surface area contributed by atoms with Gasteiger partial charge in [-0.3, -0.25) is 14.3 Å². The summed E-state index contributed by atoms with van der Waals surface area (Å²) in [5.41, 5.74) is -2.28. The topological polar surface area (TPSA) is 100 Å². The number of aromatic hydroxyl groups is 1. The van der Waals surface area contributed by atoms with Gasteiger partial charge in [0.25, 0.3) is 11.5 Å². The Morgan fingerprint density at radius 1 is 1.45 bits per heavy atom. The van der Waals surface area contributed by atoms with E-state index in [2.05, 4.69) is 15.4 Å². The summed E-state index contributed by atoms with van der Waals surface area (Å²) in [5.74, 6) is -1.25. The van der Waals surface area contributed by atoms with Gasteiger partial charge in [-0.15, -0.1) is 0 Å². The Labute approximate surface area is 121 Å². The van der Waals surface area contributed by atoms with Gasteiger partial charge in [0.05, 0.1) is 0 Å². The average Bonchev–Trinajstić information content (AvgIpc) is 2.76. The van der Waals surface area contributed by atoms with Crippen molar-refractivity contribution in [2.24, 2.45) is 7.05 Å². The Hall–Kier alpha value is -2.78. The first-order chi connectivity index (χ1) is 10.2. The predicted octanol–water partition coefficient (Wildman–Crippen LogP) is 0.763. The fourth-order valence-corrected chi connectivity index (χ4v) is 1.83. The van der Waals surface area contributed by atoms with Crippen LogP contribution in [0.3, 0.4) is 0 Å². The number of hydrogen-bond donors (Lipinski definition) is 3. The van der Waals surface area contributed by atoms with E-state index < -0.39 is 35.6 Å². The molecule has 2 rings (SSSR count). The number of rotatable bonds is 3. The monoisotopic (exact) mass is 316 g/mol. The second-order valence-corrected chi connectivity index (χ2v) is 4.47. The Kier molecular flexibility index (Phi) is 3.93. The number of carbonyl (C=O) groups is 1. The first kappa shape index (κ1) is 15.6. The van der Waals surface area contributed by atoms with Crippen LogP contribution in [0.15, 0.2) is 23.1 Å². The summed E-state index contributed by atoms with van der Waals surface area (Å²) in [4.78, 5) is 25.1. The molecule has 3 N–H and O–H groups in total. The van der Waals surface area contributed by atoms with Crippen molar-refractivity contribution >= 4 is 5.91 Å². The number of nitrogens with one attached hydrogen (secondary N) is 2. The molecule has 0 saturated carbocycles. The molecule has 2 aromatic heterocycles. The van der Waals surface area contributed by atoms with Gasteiger partial charge in [0.2, 0.25) is 0 Å². The number of H-pyrrole nitrogens is 1. The van der Waals surface area contributed by atoms with Crippen LogP contribution in [0.4, 0.5) is 13.2 Å². The van der Waals surface area contributed by atoms with Crippen molar-refractivity contribution in [3.8, 4) is 5.75 Å². The van der Waals surface area contributed by atoms with Crippen LogP contribution in [0.25, 0.3) is 0 Å². The standard InChI is InChI=1S/C12H11F3N4O3/c1-19-5-6(10(18-19)12(13,14)15)4-16-11(22)8-2-7(20)3-9(21)17-8/h2-3,5H,4H2,1H3,(H,16,22)(H2,17,20,21). The summed E-state index contributed by atoms with van der Waals surface area (Å²) in [6, 6.07) is 1.85. The SMILES string of the molecule is Cn1cc(CNC(=O)c2cc(O)cc(=O)[nH]2)c(C(F)(F)F)n1. The van der Waals surface area contributed by atoms with Crippen LogP contribution in [-0.2, 0) is 19.8 Å². The molecule has 0 aromatic carbocycles. The maximum absolute atomic E-state index is 12.7. The molecule has 0 aliphatic rings. The minimum absolute atomic E-state index is 0.217. The van der Waals surface area contributed by atoms with Crippen molar-refractivity contribution in [3.05, 3.63) is 45.6 Å². The molecule has 0 aliphatic heterocycles. The highest BCUT2D eigenvalue weighted by Crippen LogP contribution is 2.30. The Morgan fingerprint density at radius 2 is 2.14 bits per heavy atom. The molecule has 1 amide bonds. The van der Waals surface area contributed by atoms with Crippen molar-refractivity contribution in [1.82, 2.24) is 20.1 Å². The lowest BCUT2D eigenvalue weighted by molar-refractivity contribution is -0.142. The number of halogens is 3. The maximum Gasteiger partial charge on any atom is 0.435 e. The number of aromatic nitrogens is 3. The number of amides is 1. The van der Waals surface area contributed by atoms with Crippen LogP contribution in [0.2, 0.25) is 0 Å². The molecule has 2 heterocycles. The number of carbonyl (C=O) groups excluding carboxylic acids is 1. The van der Waals surface area contributed by atoms with Gasteiger partial charge in [0.1, 0.15) is 11.4 Å². The molecular formula is C12H11F3N4O3. The van der Waals surface area contributed by atoms with Gasteiger partial charge in [0.15, 0.2) is 5.69 Å². The fourth-order valence-electron chi connectivity index (χ4n) is 1.83. The third-order valence-electron chi connectivity index (χ3n) is 2.69. The van der Waals surface area contributed by atoms with E-state index in [1.807, 2.05) is 0 Å². The highest BCUT2D eigenvalue weighted by atomic mass is 19.4. The molecule has 0 bridgehead atoms. The molecule has 118 valence electrons. The van der Waals surface area contributed by atoms with E-state index in [1.54, 1.807) is 0 Å². The molecule has 0 aliphatic carbocycles. The van der Waals surface area contributed by atoms with Crippen LogP contribution in [0.5, 0.6) is 5.75 Å². The van der Waals surface area contributed by atoms with E-state index >= 15 is 0 Å². The number of nitrogens with zero attached hydrogens (tertiary/aromatic N) is 2. The molecule has 10 heteroatoms. The number of aryl methyl sites for hydroxylation is 1. The highest BCUT2D eigenvalue weighted by molar-refractivity contribution is 5.92. The summed E-state index contributed by atoms with van der Waals surface area (Å²) in [6.45, 7) is -0.431. The summed E-state index contributed by atoms with van der Waals surface area (Å²) < 4.78 is 39.2. The minimum Gasteiger partial charge on any atom is -0.508 e. The summed E-state index contributed by atoms with van der Waals surface area (Å²) in [7, 11) is 1.33. The zero-order valence-electron chi connectivity index (χ0n) is 11.2. The van der Waals surface area contributed by atoms with Gasteiger partial charge in [-0.1, -0.05) is 0 Å². The second kappa shape index (κ2) is 5.54. The normalized spacial score (nSPS) is 11.5. The van der Waals surface area contributed by atoms with E-state index in [0.717, 1.165) is 23.0 Å². The zero-order valence-corrected chi connectivity index (χ0v) is 11.2. The molecular weight excluding hydrogens is 305 g/mol. The van der Waals surface area contributed by atoms with E-state index in [-0.39, 0.29) is 11.3 Å². The van der Waals surface area contributed by atoms with Crippen molar-refractivity contribution in [1.29, 1.82) is 0 Å². The van der Waals surface area contributed by atoms with Crippen LogP contribution < -0.4 is 10.9 Å². The molecule has 0 unspecified atom stereocenters. The average molecular weight is 316 g/mol.